The van der Waals surface area contributed by atoms with E-state index in [0.29, 0.717) is 30.6 Å². The first-order chi connectivity index (χ1) is 14.2. The Hall–Kier alpha value is -3.04. The fourth-order valence-corrected chi connectivity index (χ4v) is 3.66. The number of hydrogen-bond donors (Lipinski definition) is 0. The number of halogens is 1. The number of nitrogens with zero attached hydrogens (tertiary/aromatic N) is 5. The van der Waals surface area contributed by atoms with Crippen molar-refractivity contribution >= 4 is 15.9 Å². The van der Waals surface area contributed by atoms with E-state index < -0.39 is 0 Å². The molecule has 1 atom stereocenters. The Bertz CT molecular complexity index is 1160. The van der Waals surface area contributed by atoms with Gasteiger partial charge in [0.25, 0.3) is 5.89 Å². The van der Waals surface area contributed by atoms with Crippen molar-refractivity contribution in [3.8, 4) is 28.7 Å². The van der Waals surface area contributed by atoms with Crippen LogP contribution in [0.1, 0.15) is 17.4 Å². The monoisotopic (exact) mass is 453 g/mol. The number of hydrogen-bond acceptors (Lipinski definition) is 7. The van der Waals surface area contributed by atoms with Gasteiger partial charge in [-0.15, -0.1) is 5.10 Å². The van der Waals surface area contributed by atoms with E-state index in [1.54, 1.807) is 7.11 Å². The standard InChI is InChI=1S/C20H16BrN5O3/c1-27-15-7-5-12(6-8-15)17-10-26-16(11-28-17)18(23-25-26)20-22-19(24-29-20)13-3-2-4-14(21)9-13/h2-9,17H,10-11H2,1H3. The molecule has 5 rings (SSSR count). The molecule has 0 N–H and O–H groups in total. The van der Waals surface area contributed by atoms with Crippen LogP contribution >= 0.6 is 15.9 Å². The highest BCUT2D eigenvalue weighted by atomic mass is 79.9. The number of rotatable bonds is 4. The zero-order valence-corrected chi connectivity index (χ0v) is 17.0. The maximum Gasteiger partial charge on any atom is 0.280 e. The quantitative estimate of drug-likeness (QED) is 0.460. The summed E-state index contributed by atoms with van der Waals surface area (Å²) >= 11 is 3.45. The van der Waals surface area contributed by atoms with Gasteiger partial charge in [0.2, 0.25) is 5.82 Å². The Morgan fingerprint density at radius 2 is 2.03 bits per heavy atom. The Kier molecular flexibility index (Phi) is 4.61. The van der Waals surface area contributed by atoms with Crippen LogP contribution in [0.5, 0.6) is 5.75 Å². The smallest absolute Gasteiger partial charge is 0.280 e. The second kappa shape index (κ2) is 7.41. The fourth-order valence-electron chi connectivity index (χ4n) is 3.26. The molecule has 3 heterocycles. The van der Waals surface area contributed by atoms with E-state index in [0.717, 1.165) is 27.0 Å². The van der Waals surface area contributed by atoms with Gasteiger partial charge in [-0.1, -0.05) is 50.6 Å². The molecule has 1 aliphatic rings. The summed E-state index contributed by atoms with van der Waals surface area (Å²) in [6.45, 7) is 0.912. The van der Waals surface area contributed by atoms with Crippen molar-refractivity contribution in [3.63, 3.8) is 0 Å². The number of benzene rings is 2. The SMILES string of the molecule is COc1ccc(C2Cn3nnc(-c4nc(-c5cccc(Br)c5)no4)c3CO2)cc1. The Balaban J connectivity index is 1.39. The maximum atomic E-state index is 6.05. The minimum absolute atomic E-state index is 0.108. The zero-order valence-electron chi connectivity index (χ0n) is 15.4. The average Bonchev–Trinajstić information content (AvgIpc) is 3.40. The summed E-state index contributed by atoms with van der Waals surface area (Å²) in [4.78, 5) is 4.48. The van der Waals surface area contributed by atoms with Gasteiger partial charge in [0.1, 0.15) is 11.9 Å². The molecule has 0 saturated heterocycles. The Morgan fingerprint density at radius 1 is 1.17 bits per heavy atom. The third kappa shape index (κ3) is 3.43. The van der Waals surface area contributed by atoms with E-state index in [2.05, 4.69) is 36.4 Å². The van der Waals surface area contributed by atoms with Crippen LogP contribution in [0.25, 0.3) is 23.0 Å². The molecule has 9 heteroatoms. The van der Waals surface area contributed by atoms with Crippen LogP contribution in [0.2, 0.25) is 0 Å². The molecule has 1 aliphatic heterocycles. The van der Waals surface area contributed by atoms with Gasteiger partial charge in [-0.25, -0.2) is 4.68 Å². The first kappa shape index (κ1) is 18.0. The van der Waals surface area contributed by atoms with Gasteiger partial charge in [-0.05, 0) is 29.8 Å². The third-order valence-electron chi connectivity index (χ3n) is 4.80. The molecule has 4 aromatic rings. The number of ether oxygens (including phenoxy) is 2. The van der Waals surface area contributed by atoms with Gasteiger partial charge in [0.15, 0.2) is 5.69 Å². The maximum absolute atomic E-state index is 6.05. The first-order valence-electron chi connectivity index (χ1n) is 8.99. The lowest BCUT2D eigenvalue weighted by molar-refractivity contribution is -0.00119. The van der Waals surface area contributed by atoms with Gasteiger partial charge < -0.3 is 14.0 Å². The van der Waals surface area contributed by atoms with E-state index >= 15 is 0 Å². The molecule has 0 amide bonds. The summed E-state index contributed by atoms with van der Waals surface area (Å²) in [5, 5.41) is 12.6. The van der Waals surface area contributed by atoms with Crippen LogP contribution in [-0.2, 0) is 17.9 Å². The molecule has 0 radical (unpaired) electrons. The lowest BCUT2D eigenvalue weighted by atomic mass is 10.1. The summed E-state index contributed by atoms with van der Waals surface area (Å²) in [5.74, 6) is 1.63. The molecule has 0 fully saturated rings. The Labute approximate surface area is 174 Å². The predicted octanol–water partition coefficient (Wildman–Crippen LogP) is 4.04. The van der Waals surface area contributed by atoms with E-state index in [1.807, 2.05) is 53.2 Å². The van der Waals surface area contributed by atoms with E-state index in [9.17, 15) is 0 Å². The van der Waals surface area contributed by atoms with Crippen LogP contribution in [0, 0.1) is 0 Å². The largest absolute Gasteiger partial charge is 0.497 e. The molecule has 146 valence electrons. The van der Waals surface area contributed by atoms with Crippen LogP contribution in [0.3, 0.4) is 0 Å². The minimum atomic E-state index is -0.108. The lowest BCUT2D eigenvalue weighted by Crippen LogP contribution is -2.22. The summed E-state index contributed by atoms with van der Waals surface area (Å²) in [6.07, 6.45) is -0.108. The predicted molar refractivity (Wildman–Crippen MR) is 107 cm³/mol. The van der Waals surface area contributed by atoms with E-state index in [-0.39, 0.29) is 6.10 Å². The minimum Gasteiger partial charge on any atom is -0.497 e. The average molecular weight is 454 g/mol. The molecule has 29 heavy (non-hydrogen) atoms. The molecule has 2 aromatic heterocycles. The molecule has 0 aliphatic carbocycles. The van der Waals surface area contributed by atoms with Crippen molar-refractivity contribution in [2.24, 2.45) is 0 Å². The van der Waals surface area contributed by atoms with Crippen molar-refractivity contribution in [1.82, 2.24) is 25.1 Å². The second-order valence-corrected chi connectivity index (χ2v) is 7.49. The van der Waals surface area contributed by atoms with Gasteiger partial charge in [0.05, 0.1) is 26.0 Å². The molecular formula is C20H16BrN5O3. The van der Waals surface area contributed by atoms with Gasteiger partial charge in [-0.2, -0.15) is 4.98 Å². The van der Waals surface area contributed by atoms with Crippen molar-refractivity contribution in [2.45, 2.75) is 19.3 Å². The molecule has 0 spiro atoms. The summed E-state index contributed by atoms with van der Waals surface area (Å²) in [6, 6.07) is 15.5. The summed E-state index contributed by atoms with van der Waals surface area (Å²) in [7, 11) is 1.65. The van der Waals surface area contributed by atoms with Crippen molar-refractivity contribution in [3.05, 3.63) is 64.3 Å². The molecule has 8 nitrogen and oxygen atoms in total. The van der Waals surface area contributed by atoms with Crippen LogP contribution in [-0.4, -0.2) is 32.2 Å². The number of methoxy groups -OCH3 is 1. The van der Waals surface area contributed by atoms with Gasteiger partial charge in [-0.3, -0.25) is 0 Å². The first-order valence-corrected chi connectivity index (χ1v) is 9.78. The molecule has 0 saturated carbocycles. The van der Waals surface area contributed by atoms with Crippen molar-refractivity contribution in [2.75, 3.05) is 7.11 Å². The molecule has 0 bridgehead atoms. The molecular weight excluding hydrogens is 438 g/mol. The molecule has 2 aromatic carbocycles. The Morgan fingerprint density at radius 3 is 2.83 bits per heavy atom. The molecule has 1 unspecified atom stereocenters. The van der Waals surface area contributed by atoms with E-state index in [4.69, 9.17) is 14.0 Å². The topological polar surface area (TPSA) is 88.1 Å². The second-order valence-electron chi connectivity index (χ2n) is 6.57. The van der Waals surface area contributed by atoms with Crippen LogP contribution in [0.15, 0.2) is 57.5 Å². The summed E-state index contributed by atoms with van der Waals surface area (Å²) < 4.78 is 19.5. The van der Waals surface area contributed by atoms with Crippen molar-refractivity contribution < 1.29 is 14.0 Å². The van der Waals surface area contributed by atoms with E-state index in [1.165, 1.54) is 0 Å². The normalized spacial score (nSPS) is 15.9. The summed E-state index contributed by atoms with van der Waals surface area (Å²) in [5.41, 5.74) is 3.28. The zero-order chi connectivity index (χ0) is 19.8. The lowest BCUT2D eigenvalue weighted by Gasteiger charge is -2.24. The highest BCUT2D eigenvalue weighted by Gasteiger charge is 2.28. The highest BCUT2D eigenvalue weighted by molar-refractivity contribution is 9.10. The van der Waals surface area contributed by atoms with Crippen molar-refractivity contribution in [1.29, 1.82) is 0 Å². The van der Waals surface area contributed by atoms with Crippen LogP contribution < -0.4 is 4.74 Å². The third-order valence-corrected chi connectivity index (χ3v) is 5.29. The number of aromatic nitrogens is 5. The van der Waals surface area contributed by atoms with Gasteiger partial charge in [0, 0.05) is 10.0 Å². The fraction of sp³-hybridized carbons (Fsp3) is 0.200. The highest BCUT2D eigenvalue weighted by Crippen LogP contribution is 2.31. The number of fused-ring (bicyclic) bond motifs is 1. The van der Waals surface area contributed by atoms with Gasteiger partial charge >= 0.3 is 0 Å². The van der Waals surface area contributed by atoms with Crippen LogP contribution in [0.4, 0.5) is 0 Å².